The summed E-state index contributed by atoms with van der Waals surface area (Å²) in [6, 6.07) is 0. The van der Waals surface area contributed by atoms with E-state index in [2.05, 4.69) is 20.3 Å². The van der Waals surface area contributed by atoms with E-state index in [0.29, 0.717) is 6.42 Å². The van der Waals surface area contributed by atoms with E-state index < -0.39 is 33.3 Å². The average Bonchev–Trinajstić information content (AvgIpc) is 2.74. The van der Waals surface area contributed by atoms with Gasteiger partial charge in [-0.05, 0) is 27.2 Å². The second kappa shape index (κ2) is 12.5. The van der Waals surface area contributed by atoms with E-state index in [1.807, 2.05) is 20.8 Å². The summed E-state index contributed by atoms with van der Waals surface area (Å²) in [6.07, 6.45) is 1.28. The summed E-state index contributed by atoms with van der Waals surface area (Å²) < 4.78 is 45.8. The summed E-state index contributed by atoms with van der Waals surface area (Å²) in [6.45, 7) is 11.9. The van der Waals surface area contributed by atoms with Gasteiger partial charge in [-0.3, -0.25) is 9.11 Å². The Balaban J connectivity index is 0.00000281. The summed E-state index contributed by atoms with van der Waals surface area (Å²) in [5.41, 5.74) is -0.897. The van der Waals surface area contributed by atoms with Crippen molar-refractivity contribution < 1.29 is 27.8 Å². The molecule has 0 unspecified atom stereocenters. The van der Waals surface area contributed by atoms with Crippen LogP contribution in [0.5, 0.6) is 5.88 Å². The molecule has 0 fully saturated rings. The number of halogens is 2. The number of nitrogens with one attached hydrogen (secondary N) is 1. The van der Waals surface area contributed by atoms with Crippen molar-refractivity contribution in [2.45, 2.75) is 58.7 Å². The molecule has 3 N–H and O–H groups in total. The molecule has 0 saturated carbocycles. The van der Waals surface area contributed by atoms with E-state index in [4.69, 9.17) is 21.1 Å². The number of likely N-dealkylation sites (N-methyl/N-ethyl adjacent to an activating group) is 1. The fraction of sp³-hybridized carbons (Fsp3) is 0.619. The third kappa shape index (κ3) is 8.26. The zero-order chi connectivity index (χ0) is 26.3. The zero-order valence-corrected chi connectivity index (χ0v) is 22.5. The number of ether oxygens (including phenoxy) is 2. The van der Waals surface area contributed by atoms with E-state index in [1.54, 1.807) is 27.8 Å². The van der Waals surface area contributed by atoms with Gasteiger partial charge in [0.25, 0.3) is 0 Å². The Kier molecular flexibility index (Phi) is 11.0. The van der Waals surface area contributed by atoms with E-state index in [0.717, 1.165) is 6.26 Å². The smallest absolute Gasteiger partial charge is 0.410 e. The molecular weight excluding hydrogens is 489 g/mol. The Morgan fingerprint density at radius 3 is 2.38 bits per heavy atom. The fourth-order valence-electron chi connectivity index (χ4n) is 2.47. The van der Waals surface area contributed by atoms with Gasteiger partial charge in [0.05, 0.1) is 6.61 Å². The lowest BCUT2D eigenvalue weighted by atomic mass is 10.2. The van der Waals surface area contributed by atoms with Gasteiger partial charge in [0.1, 0.15) is 22.3 Å². The zero-order valence-electron chi connectivity index (χ0n) is 20.9. The third-order valence-electron chi connectivity index (χ3n) is 3.92. The van der Waals surface area contributed by atoms with Gasteiger partial charge in [0.2, 0.25) is 11.0 Å². The first-order valence-corrected chi connectivity index (χ1v) is 13.2. The highest BCUT2D eigenvalue weighted by atomic mass is 35.5. The Labute approximate surface area is 206 Å². The molecule has 2 rings (SSSR count). The molecule has 0 radical (unpaired) electrons. The van der Waals surface area contributed by atoms with E-state index in [-0.39, 0.29) is 47.5 Å². The van der Waals surface area contributed by atoms with Crippen molar-refractivity contribution in [3.05, 3.63) is 11.0 Å². The first-order valence-electron chi connectivity index (χ1n) is 10.9. The first kappa shape index (κ1) is 29.9. The van der Waals surface area contributed by atoms with Crippen LogP contribution in [0.25, 0.3) is 10.9 Å². The number of pyridine rings is 1. The van der Waals surface area contributed by atoms with E-state index in [9.17, 15) is 18.3 Å². The molecule has 13 heteroatoms. The number of fused-ring (bicyclic) bond motifs is 1. The van der Waals surface area contributed by atoms with Gasteiger partial charge in [-0.1, -0.05) is 32.4 Å². The largest absolute Gasteiger partial charge is 0.477 e. The molecule has 0 atom stereocenters. The van der Waals surface area contributed by atoms with Crippen LogP contribution in [0.3, 0.4) is 0 Å². The molecule has 0 aliphatic carbocycles. The van der Waals surface area contributed by atoms with Crippen molar-refractivity contribution in [3.63, 3.8) is 0 Å². The van der Waals surface area contributed by atoms with Crippen molar-refractivity contribution in [1.82, 2.24) is 19.9 Å². The molecule has 34 heavy (non-hydrogen) atoms. The minimum absolute atomic E-state index is 0.00961. The first-order chi connectivity index (χ1) is 15.7. The number of hydrogen-bond donors (Lipinski definition) is 3. The van der Waals surface area contributed by atoms with Gasteiger partial charge in [0, 0.05) is 26.4 Å². The number of nitrogens with zero attached hydrogens (tertiary/aromatic N) is 4. The Bertz CT molecular complexity index is 985. The maximum absolute atomic E-state index is 14.8. The number of aromatic nitrogens is 3. The molecular formula is C21H35ClFN5O5S. The summed E-state index contributed by atoms with van der Waals surface area (Å²) in [5, 5.41) is 2.25. The van der Waals surface area contributed by atoms with Crippen LogP contribution >= 0.6 is 22.2 Å². The number of rotatable bonds is 8. The number of anilines is 1. The average molecular weight is 524 g/mol. The Morgan fingerprint density at radius 2 is 1.85 bits per heavy atom. The van der Waals surface area contributed by atoms with Crippen LogP contribution in [0.1, 0.15) is 48.0 Å². The highest BCUT2D eigenvalue weighted by Crippen LogP contribution is 2.44. The number of amides is 1. The van der Waals surface area contributed by atoms with E-state index in [1.165, 1.54) is 4.90 Å². The molecule has 2 aromatic heterocycles. The van der Waals surface area contributed by atoms with Crippen LogP contribution in [-0.4, -0.2) is 73.7 Å². The molecule has 0 saturated heterocycles. The maximum Gasteiger partial charge on any atom is 0.410 e. The highest BCUT2D eigenvalue weighted by molar-refractivity contribution is 8.23. The molecule has 1 amide bonds. The van der Waals surface area contributed by atoms with Gasteiger partial charge in [-0.25, -0.2) is 14.2 Å². The minimum atomic E-state index is -3.37. The second-order valence-electron chi connectivity index (χ2n) is 8.11. The molecule has 2 aromatic rings. The SMILES string of the molecule is CC.CCCOc1nc(Cl)c(F)c2nc(S(C)(O)O)nc(NCCN(C)C(=O)OC(C)(C)C)c12. The lowest BCUT2D eigenvalue weighted by Crippen LogP contribution is -2.36. The topological polar surface area (TPSA) is 130 Å². The number of hydrogen-bond acceptors (Lipinski definition) is 9. The lowest BCUT2D eigenvalue weighted by Gasteiger charge is -2.26. The van der Waals surface area contributed by atoms with Crippen molar-refractivity contribution in [2.24, 2.45) is 0 Å². The van der Waals surface area contributed by atoms with Gasteiger partial charge in [-0.15, -0.1) is 10.6 Å². The summed E-state index contributed by atoms with van der Waals surface area (Å²) in [5.74, 6) is -0.860. The monoisotopic (exact) mass is 523 g/mol. The predicted molar refractivity (Wildman–Crippen MR) is 134 cm³/mol. The lowest BCUT2D eigenvalue weighted by molar-refractivity contribution is 0.0305. The second-order valence-corrected chi connectivity index (χ2v) is 10.5. The maximum atomic E-state index is 14.8. The van der Waals surface area contributed by atoms with Crippen LogP contribution < -0.4 is 10.1 Å². The fourth-order valence-corrected chi connectivity index (χ4v) is 3.17. The molecule has 0 bridgehead atoms. The molecule has 194 valence electrons. The van der Waals surface area contributed by atoms with Crippen molar-refractivity contribution in [3.8, 4) is 5.88 Å². The molecule has 2 heterocycles. The van der Waals surface area contributed by atoms with Gasteiger partial charge < -0.3 is 19.7 Å². The summed E-state index contributed by atoms with van der Waals surface area (Å²) in [7, 11) is -1.80. The Hall–Kier alpha value is -2.15. The molecule has 0 aromatic carbocycles. The summed E-state index contributed by atoms with van der Waals surface area (Å²) >= 11 is 5.90. The molecule has 0 aliphatic rings. The van der Waals surface area contributed by atoms with Crippen molar-refractivity contribution in [2.75, 3.05) is 38.3 Å². The number of carbonyl (C=O) groups excluding carboxylic acids is 1. The number of carbonyl (C=O) groups is 1. The standard InChI is InChI=1S/C19H29ClFN5O5S.C2H6/c1-7-10-30-16-11-13(12(21)14(20)24-16)23-17(32(6,28)29)25-15(11)22-8-9-26(5)18(27)31-19(2,3)4;1-2/h28-29H,7-10H2,1-6H3,(H,22,23,25);1-2H3. The molecule has 0 aliphatic heterocycles. The van der Waals surface area contributed by atoms with Crippen LogP contribution in [0.4, 0.5) is 15.0 Å². The third-order valence-corrected chi connectivity index (χ3v) is 5.05. The normalized spacial score (nSPS) is 12.0. The summed E-state index contributed by atoms with van der Waals surface area (Å²) in [4.78, 5) is 25.6. The van der Waals surface area contributed by atoms with Crippen LogP contribution in [0.2, 0.25) is 5.15 Å². The Morgan fingerprint density at radius 1 is 1.24 bits per heavy atom. The predicted octanol–water partition coefficient (Wildman–Crippen LogP) is 5.65. The molecule has 0 spiro atoms. The van der Waals surface area contributed by atoms with Gasteiger partial charge in [0.15, 0.2) is 11.0 Å². The van der Waals surface area contributed by atoms with E-state index >= 15 is 0 Å². The van der Waals surface area contributed by atoms with Crippen molar-refractivity contribution in [1.29, 1.82) is 0 Å². The van der Waals surface area contributed by atoms with Gasteiger partial charge in [-0.2, -0.15) is 9.97 Å². The van der Waals surface area contributed by atoms with Crippen LogP contribution in [0, 0.1) is 5.82 Å². The van der Waals surface area contributed by atoms with Crippen LogP contribution in [0.15, 0.2) is 5.16 Å². The van der Waals surface area contributed by atoms with Gasteiger partial charge >= 0.3 is 6.09 Å². The highest BCUT2D eigenvalue weighted by Gasteiger charge is 2.25. The molecule has 10 nitrogen and oxygen atoms in total. The van der Waals surface area contributed by atoms with Crippen LogP contribution in [-0.2, 0) is 4.74 Å². The quantitative estimate of drug-likeness (QED) is 0.296. The van der Waals surface area contributed by atoms with Crippen molar-refractivity contribution >= 4 is 45.0 Å². The minimum Gasteiger partial charge on any atom is -0.477 e.